The van der Waals surface area contributed by atoms with E-state index < -0.39 is 0 Å². The molecule has 0 radical (unpaired) electrons. The van der Waals surface area contributed by atoms with Crippen molar-refractivity contribution in [2.75, 3.05) is 32.8 Å². The lowest BCUT2D eigenvalue weighted by atomic mass is 10.0. The quantitative estimate of drug-likeness (QED) is 0.795. The van der Waals surface area contributed by atoms with E-state index in [1.165, 1.54) is 11.3 Å². The van der Waals surface area contributed by atoms with Gasteiger partial charge in [0.2, 0.25) is 0 Å². The van der Waals surface area contributed by atoms with Crippen LogP contribution in [0.4, 0.5) is 0 Å². The zero-order valence-corrected chi connectivity index (χ0v) is 14.5. The van der Waals surface area contributed by atoms with Crippen LogP contribution in [0.2, 0.25) is 0 Å². The minimum atomic E-state index is 0.501. The van der Waals surface area contributed by atoms with Crippen molar-refractivity contribution in [2.45, 2.75) is 45.7 Å². The van der Waals surface area contributed by atoms with Gasteiger partial charge in [0.05, 0.1) is 13.2 Å². The SMILES string of the molecule is CCC(NCC(CC(C)C)N1CCOCC1)c1cccs1. The maximum atomic E-state index is 5.50. The fourth-order valence-corrected chi connectivity index (χ4v) is 3.95. The molecule has 0 bridgehead atoms. The van der Waals surface area contributed by atoms with Crippen molar-refractivity contribution in [3.8, 4) is 0 Å². The molecule has 1 fully saturated rings. The number of rotatable bonds is 8. The van der Waals surface area contributed by atoms with Gasteiger partial charge in [0.25, 0.3) is 0 Å². The first-order chi connectivity index (χ1) is 10.2. The highest BCUT2D eigenvalue weighted by molar-refractivity contribution is 7.10. The van der Waals surface area contributed by atoms with Crippen LogP contribution in [0.3, 0.4) is 0 Å². The molecule has 1 saturated heterocycles. The molecule has 2 atom stereocenters. The molecule has 2 heterocycles. The van der Waals surface area contributed by atoms with Crippen LogP contribution < -0.4 is 5.32 Å². The molecule has 1 aliphatic rings. The number of morpholine rings is 1. The van der Waals surface area contributed by atoms with E-state index >= 15 is 0 Å². The molecule has 3 nitrogen and oxygen atoms in total. The highest BCUT2D eigenvalue weighted by Gasteiger charge is 2.23. The van der Waals surface area contributed by atoms with Crippen molar-refractivity contribution in [1.29, 1.82) is 0 Å². The predicted octanol–water partition coefficient (Wildman–Crippen LogP) is 3.54. The molecule has 0 aromatic carbocycles. The third-order valence-electron chi connectivity index (χ3n) is 4.20. The average Bonchev–Trinajstić information content (AvgIpc) is 3.01. The molecular weight excluding hydrogens is 280 g/mol. The van der Waals surface area contributed by atoms with Crippen molar-refractivity contribution < 1.29 is 4.74 Å². The summed E-state index contributed by atoms with van der Waals surface area (Å²) in [5, 5.41) is 5.98. The van der Waals surface area contributed by atoms with Gasteiger partial charge >= 0.3 is 0 Å². The number of ether oxygens (including phenoxy) is 1. The lowest BCUT2D eigenvalue weighted by Gasteiger charge is -2.36. The van der Waals surface area contributed by atoms with Gasteiger partial charge in [-0.15, -0.1) is 11.3 Å². The molecule has 1 aliphatic heterocycles. The van der Waals surface area contributed by atoms with Crippen LogP contribution in [-0.4, -0.2) is 43.8 Å². The minimum Gasteiger partial charge on any atom is -0.379 e. The molecule has 1 N–H and O–H groups in total. The number of hydrogen-bond acceptors (Lipinski definition) is 4. The van der Waals surface area contributed by atoms with Gasteiger partial charge < -0.3 is 10.1 Å². The van der Waals surface area contributed by atoms with Crippen molar-refractivity contribution >= 4 is 11.3 Å². The number of nitrogens with zero attached hydrogens (tertiary/aromatic N) is 1. The van der Waals surface area contributed by atoms with E-state index in [4.69, 9.17) is 4.74 Å². The third kappa shape index (κ3) is 5.37. The van der Waals surface area contributed by atoms with Crippen molar-refractivity contribution in [1.82, 2.24) is 10.2 Å². The number of nitrogens with one attached hydrogen (secondary N) is 1. The third-order valence-corrected chi connectivity index (χ3v) is 5.19. The maximum absolute atomic E-state index is 5.50. The standard InChI is InChI=1S/C17H30N2OS/c1-4-16(17-6-5-11-21-17)18-13-15(12-14(2)3)19-7-9-20-10-8-19/h5-6,11,14-16,18H,4,7-10,12-13H2,1-3H3. The van der Waals surface area contributed by atoms with Gasteiger partial charge in [-0.1, -0.05) is 26.8 Å². The van der Waals surface area contributed by atoms with Gasteiger partial charge in [0.1, 0.15) is 0 Å². The second-order valence-corrected chi connectivity index (χ2v) is 7.30. The van der Waals surface area contributed by atoms with Crippen LogP contribution in [0.25, 0.3) is 0 Å². The molecule has 2 rings (SSSR count). The zero-order chi connectivity index (χ0) is 15.1. The summed E-state index contributed by atoms with van der Waals surface area (Å²) < 4.78 is 5.50. The van der Waals surface area contributed by atoms with Crippen LogP contribution in [0, 0.1) is 5.92 Å². The number of thiophene rings is 1. The van der Waals surface area contributed by atoms with Crippen molar-refractivity contribution in [2.24, 2.45) is 5.92 Å². The zero-order valence-electron chi connectivity index (χ0n) is 13.7. The van der Waals surface area contributed by atoms with Gasteiger partial charge in [-0.25, -0.2) is 0 Å². The van der Waals surface area contributed by atoms with Crippen molar-refractivity contribution in [3.05, 3.63) is 22.4 Å². The van der Waals surface area contributed by atoms with E-state index in [0.717, 1.165) is 45.2 Å². The molecule has 0 saturated carbocycles. The molecule has 2 unspecified atom stereocenters. The summed E-state index contributed by atoms with van der Waals surface area (Å²) in [6.07, 6.45) is 2.41. The Morgan fingerprint density at radius 2 is 2.10 bits per heavy atom. The van der Waals surface area contributed by atoms with E-state index in [-0.39, 0.29) is 0 Å². The van der Waals surface area contributed by atoms with E-state index in [9.17, 15) is 0 Å². The minimum absolute atomic E-state index is 0.501. The van der Waals surface area contributed by atoms with Crippen LogP contribution in [-0.2, 0) is 4.74 Å². The Hall–Kier alpha value is -0.420. The molecule has 1 aromatic heterocycles. The van der Waals surface area contributed by atoms with Gasteiger partial charge in [-0.2, -0.15) is 0 Å². The maximum Gasteiger partial charge on any atom is 0.0594 e. The largest absolute Gasteiger partial charge is 0.379 e. The van der Waals surface area contributed by atoms with Crippen LogP contribution >= 0.6 is 11.3 Å². The molecule has 21 heavy (non-hydrogen) atoms. The summed E-state index contributed by atoms with van der Waals surface area (Å²) in [4.78, 5) is 4.07. The summed E-state index contributed by atoms with van der Waals surface area (Å²) >= 11 is 1.86. The molecule has 0 spiro atoms. The topological polar surface area (TPSA) is 24.5 Å². The fraction of sp³-hybridized carbons (Fsp3) is 0.765. The van der Waals surface area contributed by atoms with Crippen LogP contribution in [0.5, 0.6) is 0 Å². The van der Waals surface area contributed by atoms with Gasteiger partial charge in [-0.3, -0.25) is 4.90 Å². The molecule has 0 aliphatic carbocycles. The summed E-state index contributed by atoms with van der Waals surface area (Å²) in [5.41, 5.74) is 0. The smallest absolute Gasteiger partial charge is 0.0594 e. The summed E-state index contributed by atoms with van der Waals surface area (Å²) in [5.74, 6) is 0.737. The highest BCUT2D eigenvalue weighted by Crippen LogP contribution is 2.22. The monoisotopic (exact) mass is 310 g/mol. The average molecular weight is 311 g/mol. The Kier molecular flexibility index (Phi) is 7.17. The Morgan fingerprint density at radius 3 is 2.67 bits per heavy atom. The predicted molar refractivity (Wildman–Crippen MR) is 91.0 cm³/mol. The van der Waals surface area contributed by atoms with Gasteiger partial charge in [-0.05, 0) is 30.2 Å². The van der Waals surface area contributed by atoms with Gasteiger partial charge in [0, 0.05) is 36.6 Å². The summed E-state index contributed by atoms with van der Waals surface area (Å²) in [7, 11) is 0. The summed E-state index contributed by atoms with van der Waals surface area (Å²) in [6, 6.07) is 5.53. The first-order valence-electron chi connectivity index (χ1n) is 8.29. The second-order valence-electron chi connectivity index (χ2n) is 6.32. The summed E-state index contributed by atoms with van der Waals surface area (Å²) in [6.45, 7) is 11.9. The number of hydrogen-bond donors (Lipinski definition) is 1. The molecule has 0 amide bonds. The lowest BCUT2D eigenvalue weighted by Crippen LogP contribution is -2.48. The first-order valence-corrected chi connectivity index (χ1v) is 9.17. The second kappa shape index (κ2) is 8.89. The Labute approximate surface area is 133 Å². The van der Waals surface area contributed by atoms with E-state index in [1.54, 1.807) is 0 Å². The molecular formula is C17H30N2OS. The van der Waals surface area contributed by atoms with Gasteiger partial charge in [0.15, 0.2) is 0 Å². The van der Waals surface area contributed by atoms with E-state index in [2.05, 4.69) is 48.5 Å². The molecule has 1 aromatic rings. The lowest BCUT2D eigenvalue weighted by molar-refractivity contribution is 0.0118. The molecule has 120 valence electrons. The Morgan fingerprint density at radius 1 is 1.33 bits per heavy atom. The normalized spacial score (nSPS) is 19.8. The Balaban J connectivity index is 1.90. The molecule has 4 heteroatoms. The van der Waals surface area contributed by atoms with Crippen LogP contribution in [0.15, 0.2) is 17.5 Å². The van der Waals surface area contributed by atoms with Crippen LogP contribution in [0.1, 0.15) is 44.5 Å². The van der Waals surface area contributed by atoms with Crippen molar-refractivity contribution in [3.63, 3.8) is 0 Å². The fourth-order valence-electron chi connectivity index (χ4n) is 3.06. The Bertz CT molecular complexity index is 374. The van der Waals surface area contributed by atoms with E-state index in [1.807, 2.05) is 11.3 Å². The first kappa shape index (κ1) is 16.9. The highest BCUT2D eigenvalue weighted by atomic mass is 32.1. The van der Waals surface area contributed by atoms with E-state index in [0.29, 0.717) is 12.1 Å².